The van der Waals surface area contributed by atoms with E-state index in [2.05, 4.69) is 65.6 Å². The van der Waals surface area contributed by atoms with Crippen molar-refractivity contribution in [2.24, 2.45) is 0 Å². The van der Waals surface area contributed by atoms with E-state index in [1.54, 1.807) is 4.90 Å². The molecule has 3 rings (SSSR count). The first-order chi connectivity index (χ1) is 13.8. The van der Waals surface area contributed by atoms with E-state index in [0.29, 0.717) is 6.04 Å². The Morgan fingerprint density at radius 1 is 0.828 bits per heavy atom. The van der Waals surface area contributed by atoms with E-state index in [1.165, 1.54) is 11.1 Å². The Bertz CT molecular complexity index is 721. The van der Waals surface area contributed by atoms with E-state index < -0.39 is 6.09 Å². The van der Waals surface area contributed by atoms with Crippen LogP contribution in [0.1, 0.15) is 57.6 Å². The number of hydrogen-bond acceptors (Lipinski definition) is 2. The molecule has 0 heterocycles. The van der Waals surface area contributed by atoms with Gasteiger partial charge in [0.15, 0.2) is 0 Å². The quantitative estimate of drug-likeness (QED) is 0.675. The second kappa shape index (κ2) is 9.45. The summed E-state index contributed by atoms with van der Waals surface area (Å²) in [5, 5.41) is 9.74. The van der Waals surface area contributed by atoms with Gasteiger partial charge >= 0.3 is 6.09 Å². The van der Waals surface area contributed by atoms with E-state index in [9.17, 15) is 9.90 Å². The highest BCUT2D eigenvalue weighted by Gasteiger charge is 2.36. The first-order valence-electron chi connectivity index (χ1n) is 10.7. The summed E-state index contributed by atoms with van der Waals surface area (Å²) < 4.78 is 0. The lowest BCUT2D eigenvalue weighted by Crippen LogP contribution is -2.53. The fourth-order valence-electron chi connectivity index (χ4n) is 4.62. The predicted molar refractivity (Wildman–Crippen MR) is 118 cm³/mol. The molecule has 1 amide bonds. The maximum atomic E-state index is 11.9. The summed E-state index contributed by atoms with van der Waals surface area (Å²) in [5.41, 5.74) is 2.29. The average Bonchev–Trinajstić information content (AvgIpc) is 2.68. The SMILES string of the molecule is CC(C)(C)N(C(=O)O)C1CCC(N(Cc2ccccc2)Cc2ccccc2)CC1. The minimum atomic E-state index is -0.800. The van der Waals surface area contributed by atoms with Crippen molar-refractivity contribution in [1.29, 1.82) is 0 Å². The van der Waals surface area contributed by atoms with Crippen LogP contribution in [0.2, 0.25) is 0 Å². The van der Waals surface area contributed by atoms with Gasteiger partial charge in [-0.2, -0.15) is 0 Å². The lowest BCUT2D eigenvalue weighted by atomic mass is 9.87. The van der Waals surface area contributed by atoms with Gasteiger partial charge in [-0.1, -0.05) is 60.7 Å². The molecule has 0 aromatic heterocycles. The van der Waals surface area contributed by atoms with Gasteiger partial charge < -0.3 is 10.0 Å². The van der Waals surface area contributed by atoms with Crippen LogP contribution in [0.3, 0.4) is 0 Å². The maximum absolute atomic E-state index is 11.9. The summed E-state index contributed by atoms with van der Waals surface area (Å²) >= 11 is 0. The third kappa shape index (κ3) is 5.83. The highest BCUT2D eigenvalue weighted by atomic mass is 16.4. The predicted octanol–water partition coefficient (Wildman–Crippen LogP) is 5.78. The second-order valence-corrected chi connectivity index (χ2v) is 9.16. The first kappa shape index (κ1) is 21.4. The normalized spacial score (nSPS) is 19.9. The smallest absolute Gasteiger partial charge is 0.407 e. The van der Waals surface area contributed by atoms with Crippen LogP contribution in [0, 0.1) is 0 Å². The fourth-order valence-corrected chi connectivity index (χ4v) is 4.62. The summed E-state index contributed by atoms with van der Waals surface area (Å²) in [6.45, 7) is 7.82. The molecule has 1 N–H and O–H groups in total. The van der Waals surface area contributed by atoms with Gasteiger partial charge in [-0.25, -0.2) is 4.79 Å². The molecule has 0 bridgehead atoms. The van der Waals surface area contributed by atoms with E-state index in [-0.39, 0.29) is 11.6 Å². The fraction of sp³-hybridized carbons (Fsp3) is 0.480. The molecule has 4 nitrogen and oxygen atoms in total. The molecule has 0 radical (unpaired) electrons. The van der Waals surface area contributed by atoms with Crippen molar-refractivity contribution in [3.05, 3.63) is 71.8 Å². The minimum Gasteiger partial charge on any atom is -0.465 e. The molecule has 2 aromatic carbocycles. The van der Waals surface area contributed by atoms with Crippen molar-refractivity contribution in [2.45, 2.75) is 77.2 Å². The van der Waals surface area contributed by atoms with Gasteiger partial charge in [0.1, 0.15) is 0 Å². The summed E-state index contributed by atoms with van der Waals surface area (Å²) in [6, 6.07) is 21.9. The van der Waals surface area contributed by atoms with Crippen molar-refractivity contribution in [1.82, 2.24) is 9.80 Å². The summed E-state index contributed by atoms with van der Waals surface area (Å²) in [6.07, 6.45) is 3.11. The highest BCUT2D eigenvalue weighted by Crippen LogP contribution is 2.32. The van der Waals surface area contributed by atoms with Gasteiger partial charge in [0, 0.05) is 30.7 Å². The zero-order valence-electron chi connectivity index (χ0n) is 17.9. The van der Waals surface area contributed by atoms with Crippen molar-refractivity contribution in [3.63, 3.8) is 0 Å². The Morgan fingerprint density at radius 2 is 1.24 bits per heavy atom. The Morgan fingerprint density at radius 3 is 1.62 bits per heavy atom. The topological polar surface area (TPSA) is 43.8 Å². The Hall–Kier alpha value is -2.33. The monoisotopic (exact) mass is 394 g/mol. The van der Waals surface area contributed by atoms with Crippen molar-refractivity contribution in [2.75, 3.05) is 0 Å². The van der Waals surface area contributed by atoms with Crippen LogP contribution >= 0.6 is 0 Å². The van der Waals surface area contributed by atoms with Crippen LogP contribution in [0.5, 0.6) is 0 Å². The van der Waals surface area contributed by atoms with Gasteiger partial charge in [-0.3, -0.25) is 4.90 Å². The van der Waals surface area contributed by atoms with Gasteiger partial charge in [-0.05, 0) is 57.6 Å². The number of carbonyl (C=O) groups is 1. The van der Waals surface area contributed by atoms with Crippen LogP contribution in [-0.2, 0) is 13.1 Å². The lowest BCUT2D eigenvalue weighted by molar-refractivity contribution is 0.0378. The van der Waals surface area contributed by atoms with Gasteiger partial charge in [0.25, 0.3) is 0 Å². The van der Waals surface area contributed by atoms with Crippen molar-refractivity contribution < 1.29 is 9.90 Å². The van der Waals surface area contributed by atoms with E-state index >= 15 is 0 Å². The number of nitrogens with zero attached hydrogens (tertiary/aromatic N) is 2. The molecule has 0 aliphatic heterocycles. The maximum Gasteiger partial charge on any atom is 0.407 e. The molecular weight excluding hydrogens is 360 g/mol. The number of hydrogen-bond donors (Lipinski definition) is 1. The molecule has 156 valence electrons. The molecule has 1 fully saturated rings. The zero-order valence-corrected chi connectivity index (χ0v) is 17.9. The molecule has 0 spiro atoms. The number of benzene rings is 2. The van der Waals surface area contributed by atoms with E-state index in [1.807, 2.05) is 20.8 Å². The van der Waals surface area contributed by atoms with Gasteiger partial charge in [0.05, 0.1) is 0 Å². The minimum absolute atomic E-state index is 0.110. The van der Waals surface area contributed by atoms with E-state index in [0.717, 1.165) is 38.8 Å². The lowest BCUT2D eigenvalue weighted by Gasteiger charge is -2.44. The zero-order chi connectivity index (χ0) is 20.9. The number of rotatable bonds is 6. The molecule has 4 heteroatoms. The molecular formula is C25H34N2O2. The summed E-state index contributed by atoms with van der Waals surface area (Å²) in [5.74, 6) is 0. The first-order valence-corrected chi connectivity index (χ1v) is 10.7. The number of amides is 1. The largest absolute Gasteiger partial charge is 0.465 e. The Balaban J connectivity index is 1.71. The second-order valence-electron chi connectivity index (χ2n) is 9.16. The number of carboxylic acid groups (broad SMARTS) is 1. The average molecular weight is 395 g/mol. The van der Waals surface area contributed by atoms with Crippen LogP contribution in [0.15, 0.2) is 60.7 Å². The Labute approximate surface area is 175 Å². The highest BCUT2D eigenvalue weighted by molar-refractivity contribution is 5.66. The molecule has 1 saturated carbocycles. The Kier molecular flexibility index (Phi) is 6.96. The van der Waals surface area contributed by atoms with Gasteiger partial charge in [0.2, 0.25) is 0 Å². The molecule has 0 atom stereocenters. The standard InChI is InChI=1S/C25H34N2O2/c1-25(2,3)27(24(28)29)23-16-14-22(15-17-23)26(18-20-10-6-4-7-11-20)19-21-12-8-5-9-13-21/h4-13,22-23H,14-19H2,1-3H3,(H,28,29). The molecule has 2 aromatic rings. The van der Waals surface area contributed by atoms with Crippen LogP contribution in [0.25, 0.3) is 0 Å². The summed E-state index contributed by atoms with van der Waals surface area (Å²) in [7, 11) is 0. The molecule has 1 aliphatic carbocycles. The third-order valence-corrected chi connectivity index (χ3v) is 5.93. The molecule has 0 unspecified atom stereocenters. The van der Waals surface area contributed by atoms with Crippen molar-refractivity contribution in [3.8, 4) is 0 Å². The third-order valence-electron chi connectivity index (χ3n) is 5.93. The molecule has 0 saturated heterocycles. The van der Waals surface area contributed by atoms with E-state index in [4.69, 9.17) is 0 Å². The van der Waals surface area contributed by atoms with Crippen LogP contribution in [0.4, 0.5) is 4.79 Å². The van der Waals surface area contributed by atoms with Gasteiger partial charge in [-0.15, -0.1) is 0 Å². The molecule has 1 aliphatic rings. The summed E-state index contributed by atoms with van der Waals surface area (Å²) in [4.78, 5) is 16.1. The molecule has 29 heavy (non-hydrogen) atoms. The van der Waals surface area contributed by atoms with Crippen LogP contribution < -0.4 is 0 Å². The van der Waals surface area contributed by atoms with Crippen molar-refractivity contribution >= 4 is 6.09 Å². The van der Waals surface area contributed by atoms with Crippen LogP contribution in [-0.4, -0.2) is 38.6 Å².